The molecule has 2 aliphatic rings. The Kier molecular flexibility index (Phi) is 3.37. The van der Waals surface area contributed by atoms with Gasteiger partial charge in [-0.25, -0.2) is 0 Å². The highest BCUT2D eigenvalue weighted by atomic mass is 32.2. The van der Waals surface area contributed by atoms with Crippen LogP contribution in [0.1, 0.15) is 19.8 Å². The van der Waals surface area contributed by atoms with Gasteiger partial charge in [-0.2, -0.15) is 0 Å². The van der Waals surface area contributed by atoms with Crippen LogP contribution in [0.5, 0.6) is 0 Å². The van der Waals surface area contributed by atoms with Crippen molar-refractivity contribution in [2.45, 2.75) is 31.2 Å². The molecule has 2 rings (SSSR count). The number of carbonyl (C=O) groups excluding carboxylic acids is 2. The van der Waals surface area contributed by atoms with E-state index in [9.17, 15) is 19.5 Å². The zero-order valence-corrected chi connectivity index (χ0v) is 10.9. The van der Waals surface area contributed by atoms with Crippen LogP contribution < -0.4 is 5.73 Å². The molecule has 0 aromatic heterocycles. The maximum Gasteiger partial charge on any atom is 0.319 e. The van der Waals surface area contributed by atoms with Gasteiger partial charge in [0.05, 0.1) is 0 Å². The first-order chi connectivity index (χ1) is 8.44. The number of carboxylic acid groups (broad SMARTS) is 1. The molecule has 2 saturated heterocycles. The van der Waals surface area contributed by atoms with E-state index in [1.807, 2.05) is 6.92 Å². The number of β-lactam (4-membered cyclic amide) rings is 1. The Morgan fingerprint density at radius 2 is 2.28 bits per heavy atom. The zero-order chi connectivity index (χ0) is 13.5. The van der Waals surface area contributed by atoms with Crippen LogP contribution >= 0.6 is 11.8 Å². The van der Waals surface area contributed by atoms with Crippen LogP contribution in [-0.2, 0) is 14.4 Å². The number of hydrogen-bond acceptors (Lipinski definition) is 5. The second kappa shape index (κ2) is 4.55. The third-order valence-electron chi connectivity index (χ3n) is 3.54. The van der Waals surface area contributed by atoms with Gasteiger partial charge in [0.15, 0.2) is 11.2 Å². The smallest absolute Gasteiger partial charge is 0.319 e. The Morgan fingerprint density at radius 1 is 1.61 bits per heavy atom. The van der Waals surface area contributed by atoms with Gasteiger partial charge in [-0.1, -0.05) is 6.92 Å². The van der Waals surface area contributed by atoms with Gasteiger partial charge in [0.25, 0.3) is 0 Å². The number of nitrogens with two attached hydrogens (primary N) is 1. The maximum atomic E-state index is 12.1. The van der Waals surface area contributed by atoms with Crippen LogP contribution in [0.3, 0.4) is 0 Å². The first-order valence-corrected chi connectivity index (χ1v) is 6.93. The molecule has 100 valence electrons. The summed E-state index contributed by atoms with van der Waals surface area (Å²) in [6.07, 6.45) is 0.834. The fourth-order valence-corrected chi connectivity index (χ4v) is 3.87. The fraction of sp³-hybridized carbons (Fsp3) is 0.727. The summed E-state index contributed by atoms with van der Waals surface area (Å²) in [4.78, 5) is 36.5. The summed E-state index contributed by atoms with van der Waals surface area (Å²) in [7, 11) is 0. The lowest BCUT2D eigenvalue weighted by atomic mass is 9.81. The molecule has 18 heavy (non-hydrogen) atoms. The molecule has 0 radical (unpaired) electrons. The molecule has 0 aromatic carbocycles. The van der Waals surface area contributed by atoms with E-state index in [1.54, 1.807) is 0 Å². The van der Waals surface area contributed by atoms with E-state index in [4.69, 9.17) is 5.73 Å². The first-order valence-electron chi connectivity index (χ1n) is 5.88. The lowest BCUT2D eigenvalue weighted by Crippen LogP contribution is -2.73. The van der Waals surface area contributed by atoms with Gasteiger partial charge in [-0.15, -0.1) is 11.8 Å². The largest absolute Gasteiger partial charge is 0.480 e. The number of fused-ring (bicyclic) bond motifs is 1. The van der Waals surface area contributed by atoms with Crippen LogP contribution in [0.15, 0.2) is 0 Å². The Morgan fingerprint density at radius 3 is 2.83 bits per heavy atom. The van der Waals surface area contributed by atoms with Crippen molar-refractivity contribution in [3.05, 3.63) is 0 Å². The van der Waals surface area contributed by atoms with Gasteiger partial charge in [0, 0.05) is 18.7 Å². The highest BCUT2D eigenvalue weighted by molar-refractivity contribution is 8.00. The van der Waals surface area contributed by atoms with Crippen molar-refractivity contribution in [3.63, 3.8) is 0 Å². The third-order valence-corrected chi connectivity index (χ3v) is 5.09. The van der Waals surface area contributed by atoms with Crippen LogP contribution in [0, 0.1) is 5.41 Å². The average Bonchev–Trinajstić information content (AvgIpc) is 2.36. The fourth-order valence-electron chi connectivity index (χ4n) is 2.36. The Labute approximate surface area is 109 Å². The number of ketones is 1. The molecule has 2 fully saturated rings. The van der Waals surface area contributed by atoms with E-state index in [-0.39, 0.29) is 35.8 Å². The highest BCUT2D eigenvalue weighted by Gasteiger charge is 2.58. The van der Waals surface area contributed by atoms with Gasteiger partial charge in [0.2, 0.25) is 5.91 Å². The van der Waals surface area contributed by atoms with E-state index < -0.39 is 17.4 Å². The van der Waals surface area contributed by atoms with Gasteiger partial charge in [0.1, 0.15) is 11.4 Å². The predicted octanol–water partition coefficient (Wildman–Crippen LogP) is -0.331. The highest BCUT2D eigenvalue weighted by Crippen LogP contribution is 2.42. The quantitative estimate of drug-likeness (QED) is 0.537. The molecule has 0 aromatic rings. The molecule has 3 N–H and O–H groups in total. The third kappa shape index (κ3) is 1.73. The van der Waals surface area contributed by atoms with Gasteiger partial charge in [-0.05, 0) is 6.42 Å². The molecule has 2 aliphatic heterocycles. The predicted molar refractivity (Wildman–Crippen MR) is 65.9 cm³/mol. The van der Waals surface area contributed by atoms with Crippen LogP contribution in [0.2, 0.25) is 0 Å². The normalized spacial score (nSPS) is 34.8. The lowest BCUT2D eigenvalue weighted by molar-refractivity contribution is -0.160. The molecule has 0 bridgehead atoms. The van der Waals surface area contributed by atoms with Crippen molar-refractivity contribution in [3.8, 4) is 0 Å². The topological polar surface area (TPSA) is 101 Å². The molecule has 0 saturated carbocycles. The van der Waals surface area contributed by atoms with Crippen molar-refractivity contribution in [2.24, 2.45) is 11.1 Å². The van der Waals surface area contributed by atoms with Crippen molar-refractivity contribution in [1.82, 2.24) is 4.90 Å². The summed E-state index contributed by atoms with van der Waals surface area (Å²) < 4.78 is 0. The molecule has 1 amide bonds. The van der Waals surface area contributed by atoms with Crippen LogP contribution in [0.25, 0.3) is 0 Å². The second-order valence-electron chi connectivity index (χ2n) is 4.75. The number of Topliss-reactive ketones (excluding diaryl/α,β-unsaturated/α-hetero) is 1. The maximum absolute atomic E-state index is 12.1. The number of hydrogen-bond donors (Lipinski definition) is 2. The van der Waals surface area contributed by atoms with Gasteiger partial charge >= 0.3 is 5.97 Å². The van der Waals surface area contributed by atoms with Crippen molar-refractivity contribution >= 4 is 29.4 Å². The Bertz CT molecular complexity index is 414. The summed E-state index contributed by atoms with van der Waals surface area (Å²) in [6, 6.07) is -0.553. The van der Waals surface area contributed by atoms with Crippen LogP contribution in [0.4, 0.5) is 0 Å². The minimum absolute atomic E-state index is 0.0363. The summed E-state index contributed by atoms with van der Waals surface area (Å²) in [5, 5.41) is 9.20. The second-order valence-corrected chi connectivity index (χ2v) is 5.86. The molecular weight excluding hydrogens is 256 g/mol. The van der Waals surface area contributed by atoms with E-state index in [2.05, 4.69) is 0 Å². The standard InChI is InChI=1S/C11H16N2O4S/c1-2-3-6(14)11(10(16)17)4-13-8(15)7(12)9(13)18-5-11/h7,9H,2-5,12H2,1H3,(H,16,17)/t7?,9-,11?/m1/s1. The molecule has 7 heteroatoms. The van der Waals surface area contributed by atoms with Gasteiger partial charge in [-0.3, -0.25) is 14.4 Å². The Hall–Kier alpha value is -1.08. The molecule has 3 atom stereocenters. The van der Waals surface area contributed by atoms with E-state index in [1.165, 1.54) is 16.7 Å². The molecular formula is C11H16N2O4S. The SMILES string of the molecule is CCCC(=O)C1(C(=O)O)CS[C@@H]2C(N)C(=O)N2C1. The molecule has 2 heterocycles. The van der Waals surface area contributed by atoms with Crippen molar-refractivity contribution in [2.75, 3.05) is 12.3 Å². The van der Waals surface area contributed by atoms with Crippen molar-refractivity contribution < 1.29 is 19.5 Å². The first kappa shape index (κ1) is 13.4. The number of amides is 1. The summed E-state index contributed by atoms with van der Waals surface area (Å²) in [5.41, 5.74) is 4.18. The number of carboxylic acids is 1. The monoisotopic (exact) mass is 272 g/mol. The van der Waals surface area contributed by atoms with E-state index in [0.717, 1.165) is 0 Å². The number of aliphatic carboxylic acids is 1. The number of thioether (sulfide) groups is 1. The van der Waals surface area contributed by atoms with Crippen molar-refractivity contribution in [1.29, 1.82) is 0 Å². The minimum atomic E-state index is -1.45. The summed E-state index contributed by atoms with van der Waals surface area (Å²) >= 11 is 1.29. The lowest BCUT2D eigenvalue weighted by Gasteiger charge is -2.52. The average molecular weight is 272 g/mol. The summed E-state index contributed by atoms with van der Waals surface area (Å²) in [6.45, 7) is 1.79. The number of rotatable bonds is 4. The number of carbonyl (C=O) groups is 3. The van der Waals surface area contributed by atoms with E-state index >= 15 is 0 Å². The zero-order valence-electron chi connectivity index (χ0n) is 10.1. The minimum Gasteiger partial charge on any atom is -0.480 e. The molecule has 0 spiro atoms. The molecule has 0 aliphatic carbocycles. The Balaban J connectivity index is 2.21. The summed E-state index contributed by atoms with van der Waals surface area (Å²) in [5.74, 6) is -1.50. The number of nitrogens with zero attached hydrogens (tertiary/aromatic N) is 1. The molecule has 2 unspecified atom stereocenters. The van der Waals surface area contributed by atoms with Crippen LogP contribution in [-0.4, -0.2) is 51.4 Å². The molecule has 6 nitrogen and oxygen atoms in total. The van der Waals surface area contributed by atoms with E-state index in [0.29, 0.717) is 6.42 Å². The van der Waals surface area contributed by atoms with Gasteiger partial charge < -0.3 is 15.7 Å².